The summed E-state index contributed by atoms with van der Waals surface area (Å²) in [5, 5.41) is 12.2. The Morgan fingerprint density at radius 2 is 2.31 bits per heavy atom. The minimum atomic E-state index is -0.523. The zero-order valence-electron chi connectivity index (χ0n) is 7.90. The van der Waals surface area contributed by atoms with E-state index in [1.165, 1.54) is 9.13 Å². The monoisotopic (exact) mass is 185 g/mol. The summed E-state index contributed by atoms with van der Waals surface area (Å²) in [6.07, 6.45) is 2.82. The van der Waals surface area contributed by atoms with E-state index >= 15 is 0 Å². The molecule has 5 nitrogen and oxygen atoms in total. The largest absolute Gasteiger partial charge is 0.390 e. The number of nitrogens with zero attached hydrogens (tertiary/aromatic N) is 2. The second-order valence-electron chi connectivity index (χ2n) is 3.06. The third kappa shape index (κ3) is 2.43. The van der Waals surface area contributed by atoms with E-state index in [0.29, 0.717) is 13.1 Å². The maximum atomic E-state index is 11.3. The molecule has 0 amide bonds. The fourth-order valence-corrected chi connectivity index (χ4v) is 1.18. The van der Waals surface area contributed by atoms with Gasteiger partial charge >= 0.3 is 5.69 Å². The van der Waals surface area contributed by atoms with Crippen molar-refractivity contribution < 1.29 is 5.11 Å². The normalized spacial score (nSPS) is 13.2. The zero-order chi connectivity index (χ0) is 9.84. The Morgan fingerprint density at radius 1 is 1.62 bits per heavy atom. The van der Waals surface area contributed by atoms with Crippen LogP contribution in [0, 0.1) is 0 Å². The second-order valence-corrected chi connectivity index (χ2v) is 3.06. The summed E-state index contributed by atoms with van der Waals surface area (Å²) in [4.78, 5) is 11.3. The lowest BCUT2D eigenvalue weighted by molar-refractivity contribution is 0.152. The first-order valence-corrected chi connectivity index (χ1v) is 4.19. The van der Waals surface area contributed by atoms with Gasteiger partial charge in [-0.2, -0.15) is 0 Å². The number of nitrogens with one attached hydrogen (secondary N) is 1. The Morgan fingerprint density at radius 3 is 2.77 bits per heavy atom. The van der Waals surface area contributed by atoms with Gasteiger partial charge in [-0.1, -0.05) is 0 Å². The number of hydrogen-bond acceptors (Lipinski definition) is 3. The molecule has 1 unspecified atom stereocenters. The van der Waals surface area contributed by atoms with Crippen LogP contribution in [-0.4, -0.2) is 33.9 Å². The average Bonchev–Trinajstić information content (AvgIpc) is 2.37. The summed E-state index contributed by atoms with van der Waals surface area (Å²) in [7, 11) is 3.44. The maximum Gasteiger partial charge on any atom is 0.327 e. The molecule has 0 aromatic carbocycles. The van der Waals surface area contributed by atoms with E-state index in [2.05, 4.69) is 5.32 Å². The van der Waals surface area contributed by atoms with Gasteiger partial charge in [0, 0.05) is 26.0 Å². The van der Waals surface area contributed by atoms with Crippen molar-refractivity contribution in [1.82, 2.24) is 14.5 Å². The smallest absolute Gasteiger partial charge is 0.327 e. The van der Waals surface area contributed by atoms with Crippen LogP contribution in [0.25, 0.3) is 0 Å². The highest BCUT2D eigenvalue weighted by Gasteiger charge is 2.06. The minimum Gasteiger partial charge on any atom is -0.390 e. The molecule has 74 valence electrons. The summed E-state index contributed by atoms with van der Waals surface area (Å²) in [6, 6.07) is 0. The van der Waals surface area contributed by atoms with Gasteiger partial charge in [-0.15, -0.1) is 0 Å². The molecular weight excluding hydrogens is 170 g/mol. The molecule has 1 heterocycles. The van der Waals surface area contributed by atoms with Crippen molar-refractivity contribution >= 4 is 0 Å². The van der Waals surface area contributed by atoms with E-state index in [1.807, 2.05) is 0 Å². The topological polar surface area (TPSA) is 59.2 Å². The van der Waals surface area contributed by atoms with E-state index in [4.69, 9.17) is 0 Å². The zero-order valence-corrected chi connectivity index (χ0v) is 7.90. The summed E-state index contributed by atoms with van der Waals surface area (Å²) >= 11 is 0. The average molecular weight is 185 g/mol. The molecule has 13 heavy (non-hydrogen) atoms. The SMILES string of the molecule is CNCC(O)Cn1ccn(C)c1=O. The number of aliphatic hydroxyl groups excluding tert-OH is 1. The first-order chi connectivity index (χ1) is 6.15. The molecule has 0 radical (unpaired) electrons. The molecule has 0 bridgehead atoms. The standard InChI is InChI=1S/C8H15N3O2/c1-9-5-7(12)6-11-4-3-10(2)8(11)13/h3-4,7,9,12H,5-6H2,1-2H3. The molecule has 0 saturated heterocycles. The molecule has 1 aromatic heterocycles. The van der Waals surface area contributed by atoms with Crippen LogP contribution in [0.3, 0.4) is 0 Å². The van der Waals surface area contributed by atoms with Crippen LogP contribution in [0.5, 0.6) is 0 Å². The Labute approximate surface area is 76.6 Å². The molecule has 0 spiro atoms. The van der Waals surface area contributed by atoms with Gasteiger partial charge < -0.3 is 15.0 Å². The van der Waals surface area contributed by atoms with E-state index < -0.39 is 6.10 Å². The van der Waals surface area contributed by atoms with Gasteiger partial charge in [0.05, 0.1) is 12.6 Å². The molecule has 5 heteroatoms. The van der Waals surface area contributed by atoms with Gasteiger partial charge in [0.25, 0.3) is 0 Å². The van der Waals surface area contributed by atoms with Gasteiger partial charge in [-0.25, -0.2) is 4.79 Å². The predicted octanol–water partition coefficient (Wildman–Crippen LogP) is -1.23. The van der Waals surface area contributed by atoms with Crippen molar-refractivity contribution in [2.24, 2.45) is 7.05 Å². The molecule has 1 rings (SSSR count). The quantitative estimate of drug-likeness (QED) is 0.617. The number of rotatable bonds is 4. The number of aliphatic hydroxyl groups is 1. The van der Waals surface area contributed by atoms with Crippen LogP contribution >= 0.6 is 0 Å². The van der Waals surface area contributed by atoms with Crippen molar-refractivity contribution in [3.05, 3.63) is 22.9 Å². The highest BCUT2D eigenvalue weighted by molar-refractivity contribution is 4.80. The van der Waals surface area contributed by atoms with Crippen molar-refractivity contribution in [3.8, 4) is 0 Å². The van der Waals surface area contributed by atoms with Crippen LogP contribution in [0.15, 0.2) is 17.2 Å². The summed E-state index contributed by atoms with van der Waals surface area (Å²) in [5.41, 5.74) is -0.102. The van der Waals surface area contributed by atoms with Crippen molar-refractivity contribution in [2.45, 2.75) is 12.6 Å². The Bertz CT molecular complexity index is 315. The third-order valence-electron chi connectivity index (χ3n) is 1.86. The molecule has 0 aliphatic rings. The number of imidazole rings is 1. The van der Waals surface area contributed by atoms with Crippen molar-refractivity contribution in [1.29, 1.82) is 0 Å². The minimum absolute atomic E-state index is 0.102. The molecule has 1 aromatic rings. The molecular formula is C8H15N3O2. The van der Waals surface area contributed by atoms with Gasteiger partial charge in [-0.3, -0.25) is 4.57 Å². The fraction of sp³-hybridized carbons (Fsp3) is 0.625. The number of aryl methyl sites for hydroxylation is 1. The van der Waals surface area contributed by atoms with Crippen LogP contribution in [0.4, 0.5) is 0 Å². The van der Waals surface area contributed by atoms with E-state index in [1.54, 1.807) is 26.5 Å². The van der Waals surface area contributed by atoms with Gasteiger partial charge in [0.15, 0.2) is 0 Å². The molecule has 1 atom stereocenters. The molecule has 2 N–H and O–H groups in total. The number of likely N-dealkylation sites (N-methyl/N-ethyl adjacent to an activating group) is 1. The first kappa shape index (κ1) is 10.0. The van der Waals surface area contributed by atoms with Gasteiger partial charge in [-0.05, 0) is 7.05 Å². The lowest BCUT2D eigenvalue weighted by Gasteiger charge is -2.09. The van der Waals surface area contributed by atoms with Crippen LogP contribution in [0.1, 0.15) is 0 Å². The van der Waals surface area contributed by atoms with E-state index in [-0.39, 0.29) is 5.69 Å². The Hall–Kier alpha value is -1.07. The highest BCUT2D eigenvalue weighted by Crippen LogP contribution is 1.87. The first-order valence-electron chi connectivity index (χ1n) is 4.19. The van der Waals surface area contributed by atoms with Crippen molar-refractivity contribution in [3.63, 3.8) is 0 Å². The van der Waals surface area contributed by atoms with Crippen LogP contribution in [0.2, 0.25) is 0 Å². The number of aromatic nitrogens is 2. The Kier molecular flexibility index (Phi) is 3.27. The van der Waals surface area contributed by atoms with Crippen LogP contribution in [-0.2, 0) is 13.6 Å². The fourth-order valence-electron chi connectivity index (χ4n) is 1.18. The molecule has 0 saturated carbocycles. The predicted molar refractivity (Wildman–Crippen MR) is 49.6 cm³/mol. The van der Waals surface area contributed by atoms with Crippen molar-refractivity contribution in [2.75, 3.05) is 13.6 Å². The van der Waals surface area contributed by atoms with Gasteiger partial charge in [0.1, 0.15) is 0 Å². The van der Waals surface area contributed by atoms with Crippen LogP contribution < -0.4 is 11.0 Å². The summed E-state index contributed by atoms with van der Waals surface area (Å²) < 4.78 is 2.97. The molecule has 0 fully saturated rings. The highest BCUT2D eigenvalue weighted by atomic mass is 16.3. The van der Waals surface area contributed by atoms with E-state index in [0.717, 1.165) is 0 Å². The summed E-state index contributed by atoms with van der Waals surface area (Å²) in [5.74, 6) is 0. The lowest BCUT2D eigenvalue weighted by atomic mass is 10.3. The maximum absolute atomic E-state index is 11.3. The summed E-state index contributed by atoms with van der Waals surface area (Å²) in [6.45, 7) is 0.821. The second kappa shape index (κ2) is 4.25. The van der Waals surface area contributed by atoms with E-state index in [9.17, 15) is 9.90 Å². The molecule has 0 aliphatic carbocycles. The third-order valence-corrected chi connectivity index (χ3v) is 1.86. The molecule has 0 aliphatic heterocycles. The Balaban J connectivity index is 2.64. The number of hydrogen-bond donors (Lipinski definition) is 2. The van der Waals surface area contributed by atoms with Gasteiger partial charge in [0.2, 0.25) is 0 Å². The lowest BCUT2D eigenvalue weighted by Crippen LogP contribution is -2.32.